The quantitative estimate of drug-likeness (QED) is 0.837. The van der Waals surface area contributed by atoms with E-state index in [1.54, 1.807) is 0 Å². The van der Waals surface area contributed by atoms with Crippen LogP contribution in [0.5, 0.6) is 0 Å². The molecule has 0 aliphatic carbocycles. The van der Waals surface area contributed by atoms with Crippen molar-refractivity contribution < 1.29 is 9.59 Å². The zero-order valence-electron chi connectivity index (χ0n) is 13.7. The lowest BCUT2D eigenvalue weighted by atomic mass is 9.78. The highest BCUT2D eigenvalue weighted by atomic mass is 16.2. The van der Waals surface area contributed by atoms with Crippen LogP contribution in [0.3, 0.4) is 0 Å². The second-order valence-corrected chi connectivity index (χ2v) is 6.96. The van der Waals surface area contributed by atoms with E-state index in [4.69, 9.17) is 0 Å². The van der Waals surface area contributed by atoms with Crippen molar-refractivity contribution in [1.82, 2.24) is 14.4 Å². The molecule has 3 rings (SSSR count). The molecule has 2 fully saturated rings. The van der Waals surface area contributed by atoms with Crippen molar-refractivity contribution in [3.8, 4) is 0 Å². The Hall–Kier alpha value is -1.78. The second-order valence-electron chi connectivity index (χ2n) is 6.96. The summed E-state index contributed by atoms with van der Waals surface area (Å²) >= 11 is 0. The minimum absolute atomic E-state index is 0.0406. The van der Waals surface area contributed by atoms with Crippen LogP contribution in [0.15, 0.2) is 18.3 Å². The van der Waals surface area contributed by atoms with E-state index in [-0.39, 0.29) is 23.3 Å². The molecule has 120 valence electrons. The fourth-order valence-electron chi connectivity index (χ4n) is 3.86. The average Bonchev–Trinajstić information content (AvgIpc) is 3.09. The van der Waals surface area contributed by atoms with Crippen LogP contribution in [0, 0.1) is 5.41 Å². The van der Waals surface area contributed by atoms with Crippen LogP contribution < -0.4 is 0 Å². The Balaban J connectivity index is 1.78. The maximum Gasteiger partial charge on any atom is 0.270 e. The molecular formula is C17H25N3O2. The normalized spacial score (nSPS) is 25.5. The predicted octanol–water partition coefficient (Wildman–Crippen LogP) is 1.89. The van der Waals surface area contributed by atoms with Gasteiger partial charge in [-0.15, -0.1) is 0 Å². The van der Waals surface area contributed by atoms with Gasteiger partial charge in [0, 0.05) is 38.9 Å². The van der Waals surface area contributed by atoms with Crippen LogP contribution in [0.4, 0.5) is 0 Å². The molecule has 0 N–H and O–H groups in total. The Morgan fingerprint density at radius 2 is 2.05 bits per heavy atom. The van der Waals surface area contributed by atoms with Gasteiger partial charge < -0.3 is 14.4 Å². The maximum atomic E-state index is 12.9. The summed E-state index contributed by atoms with van der Waals surface area (Å²) in [5, 5.41) is 0. The summed E-state index contributed by atoms with van der Waals surface area (Å²) in [5.74, 6) is 0.287. The number of rotatable bonds is 2. The van der Waals surface area contributed by atoms with Gasteiger partial charge in [0.15, 0.2) is 0 Å². The third-order valence-electron chi connectivity index (χ3n) is 5.20. The Bertz CT molecular complexity index is 592. The molecule has 0 saturated carbocycles. The Morgan fingerprint density at radius 3 is 2.68 bits per heavy atom. The van der Waals surface area contributed by atoms with Crippen LogP contribution in [0.1, 0.15) is 43.6 Å². The Morgan fingerprint density at radius 1 is 1.27 bits per heavy atom. The van der Waals surface area contributed by atoms with Gasteiger partial charge in [-0.1, -0.05) is 0 Å². The monoisotopic (exact) mass is 303 g/mol. The zero-order valence-corrected chi connectivity index (χ0v) is 13.7. The average molecular weight is 303 g/mol. The van der Waals surface area contributed by atoms with Crippen molar-refractivity contribution >= 4 is 11.8 Å². The van der Waals surface area contributed by atoms with Gasteiger partial charge >= 0.3 is 0 Å². The van der Waals surface area contributed by atoms with E-state index in [9.17, 15) is 9.59 Å². The SMILES string of the molecule is CC(C)N1CCC[C@]2(CCN(C(=O)c3cccn3C)C2)C1=O. The summed E-state index contributed by atoms with van der Waals surface area (Å²) in [6.07, 6.45) is 4.62. The molecular weight excluding hydrogens is 278 g/mol. The molecule has 0 bridgehead atoms. The zero-order chi connectivity index (χ0) is 15.9. The Kier molecular flexibility index (Phi) is 3.75. The number of piperidine rings is 1. The number of carbonyl (C=O) groups is 2. The lowest BCUT2D eigenvalue weighted by molar-refractivity contribution is -0.147. The minimum Gasteiger partial charge on any atom is -0.347 e. The summed E-state index contributed by atoms with van der Waals surface area (Å²) in [5.41, 5.74) is 0.351. The number of carbonyl (C=O) groups excluding carboxylic acids is 2. The first-order valence-electron chi connectivity index (χ1n) is 8.16. The second kappa shape index (κ2) is 5.45. The smallest absolute Gasteiger partial charge is 0.270 e. The fourth-order valence-corrected chi connectivity index (χ4v) is 3.86. The van der Waals surface area contributed by atoms with Crippen molar-refractivity contribution in [2.75, 3.05) is 19.6 Å². The van der Waals surface area contributed by atoms with E-state index < -0.39 is 0 Å². The number of hydrogen-bond donors (Lipinski definition) is 0. The summed E-state index contributed by atoms with van der Waals surface area (Å²) in [4.78, 5) is 29.4. The van der Waals surface area contributed by atoms with Crippen molar-refractivity contribution in [2.45, 2.75) is 39.2 Å². The van der Waals surface area contributed by atoms with Gasteiger partial charge in [0.25, 0.3) is 5.91 Å². The molecule has 5 nitrogen and oxygen atoms in total. The Labute approximate surface area is 131 Å². The third kappa shape index (κ3) is 2.32. The van der Waals surface area contributed by atoms with E-state index in [0.29, 0.717) is 18.8 Å². The van der Waals surface area contributed by atoms with Crippen LogP contribution in [0.25, 0.3) is 0 Å². The van der Waals surface area contributed by atoms with E-state index in [2.05, 4.69) is 13.8 Å². The number of aromatic nitrogens is 1. The number of aryl methyl sites for hydroxylation is 1. The topological polar surface area (TPSA) is 45.5 Å². The number of likely N-dealkylation sites (tertiary alicyclic amines) is 2. The lowest BCUT2D eigenvalue weighted by Gasteiger charge is -2.41. The summed E-state index contributed by atoms with van der Waals surface area (Å²) in [7, 11) is 1.88. The van der Waals surface area contributed by atoms with E-state index in [0.717, 1.165) is 25.8 Å². The number of amides is 2. The molecule has 22 heavy (non-hydrogen) atoms. The highest BCUT2D eigenvalue weighted by molar-refractivity contribution is 5.94. The van der Waals surface area contributed by atoms with Crippen molar-refractivity contribution in [3.63, 3.8) is 0 Å². The maximum absolute atomic E-state index is 12.9. The van der Waals surface area contributed by atoms with Crippen LogP contribution in [0.2, 0.25) is 0 Å². The van der Waals surface area contributed by atoms with Crippen molar-refractivity contribution in [3.05, 3.63) is 24.0 Å². The first-order valence-corrected chi connectivity index (χ1v) is 8.16. The molecule has 2 aliphatic heterocycles. The molecule has 0 unspecified atom stereocenters. The summed E-state index contributed by atoms with van der Waals surface area (Å²) in [6.45, 7) is 6.24. The molecule has 3 heterocycles. The van der Waals surface area contributed by atoms with Gasteiger partial charge in [0.05, 0.1) is 5.41 Å². The van der Waals surface area contributed by atoms with Gasteiger partial charge in [-0.3, -0.25) is 9.59 Å². The highest BCUT2D eigenvalue weighted by Gasteiger charge is 2.49. The summed E-state index contributed by atoms with van der Waals surface area (Å²) in [6, 6.07) is 3.96. The highest BCUT2D eigenvalue weighted by Crippen LogP contribution is 2.41. The van der Waals surface area contributed by atoms with Crippen molar-refractivity contribution in [2.24, 2.45) is 12.5 Å². The van der Waals surface area contributed by atoms with Crippen molar-refractivity contribution in [1.29, 1.82) is 0 Å². The van der Waals surface area contributed by atoms with Crippen LogP contribution in [-0.2, 0) is 11.8 Å². The fraction of sp³-hybridized carbons (Fsp3) is 0.647. The van der Waals surface area contributed by atoms with Gasteiger partial charge in [-0.25, -0.2) is 0 Å². The van der Waals surface area contributed by atoms with E-state index in [1.807, 2.05) is 39.7 Å². The molecule has 2 saturated heterocycles. The third-order valence-corrected chi connectivity index (χ3v) is 5.20. The molecule has 0 radical (unpaired) electrons. The molecule has 1 aromatic heterocycles. The molecule has 5 heteroatoms. The predicted molar refractivity (Wildman–Crippen MR) is 84.4 cm³/mol. The van der Waals surface area contributed by atoms with Gasteiger partial charge in [0.2, 0.25) is 5.91 Å². The number of hydrogen-bond acceptors (Lipinski definition) is 2. The molecule has 2 aliphatic rings. The van der Waals surface area contributed by atoms with Crippen LogP contribution in [-0.4, -0.2) is 51.9 Å². The molecule has 1 aromatic rings. The van der Waals surface area contributed by atoms with Crippen LogP contribution >= 0.6 is 0 Å². The van der Waals surface area contributed by atoms with Gasteiger partial charge in [0.1, 0.15) is 5.69 Å². The van der Waals surface area contributed by atoms with Gasteiger partial charge in [-0.2, -0.15) is 0 Å². The number of nitrogens with zero attached hydrogens (tertiary/aromatic N) is 3. The molecule has 0 aromatic carbocycles. The molecule has 2 amide bonds. The van der Waals surface area contributed by atoms with E-state index in [1.165, 1.54) is 0 Å². The minimum atomic E-state index is -0.344. The van der Waals surface area contributed by atoms with E-state index >= 15 is 0 Å². The first kappa shape index (κ1) is 15.1. The molecule has 1 atom stereocenters. The largest absolute Gasteiger partial charge is 0.347 e. The summed E-state index contributed by atoms with van der Waals surface area (Å²) < 4.78 is 1.84. The standard InChI is InChI=1S/C17H25N3O2/c1-13(2)20-10-5-7-17(16(20)22)8-11-19(12-17)15(21)14-6-4-9-18(14)3/h4,6,9,13H,5,7-8,10-12H2,1-3H3/t17-/m1/s1. The first-order chi connectivity index (χ1) is 10.4. The van der Waals surface area contributed by atoms with Gasteiger partial charge in [-0.05, 0) is 45.2 Å². The lowest BCUT2D eigenvalue weighted by Crippen LogP contribution is -2.52. The molecule has 1 spiro atoms.